The van der Waals surface area contributed by atoms with Crippen molar-refractivity contribution in [3.8, 4) is 0 Å². The molecule has 0 aromatic carbocycles. The van der Waals surface area contributed by atoms with Crippen LogP contribution in [-0.2, 0) is 19.1 Å². The second kappa shape index (κ2) is 11.4. The van der Waals surface area contributed by atoms with Crippen molar-refractivity contribution in [2.24, 2.45) is 0 Å². The van der Waals surface area contributed by atoms with Crippen LogP contribution >= 0.6 is 0 Å². The number of hydrogen-bond acceptors (Lipinski definition) is 6. The first-order valence-corrected chi connectivity index (χ1v) is 6.90. The third-order valence-corrected chi connectivity index (χ3v) is 2.44. The van der Waals surface area contributed by atoms with Crippen molar-refractivity contribution in [2.45, 2.75) is 51.7 Å². The molecule has 0 amide bonds. The summed E-state index contributed by atoms with van der Waals surface area (Å²) in [5, 5.41) is 18.9. The smallest absolute Gasteiger partial charge is 0.339 e. The lowest BCUT2D eigenvalue weighted by Crippen LogP contribution is -2.24. The Balaban J connectivity index is 4.05. The highest BCUT2D eigenvalue weighted by Crippen LogP contribution is 1.99. The van der Waals surface area contributed by atoms with E-state index < -0.39 is 24.1 Å². The molecule has 2 N–H and O–H groups in total. The van der Waals surface area contributed by atoms with Gasteiger partial charge in [-0.25, -0.2) is 9.59 Å². The van der Waals surface area contributed by atoms with Crippen molar-refractivity contribution < 1.29 is 29.3 Å². The number of unbranched alkanes of at least 4 members (excludes halogenated alkanes) is 2. The molecule has 0 aliphatic carbocycles. The SMILES string of the molecule is CCCCOC(=O)C(O)C=CC(O)C(=O)OCCCC. The Morgan fingerprint density at radius 2 is 1.25 bits per heavy atom. The Kier molecular flexibility index (Phi) is 10.6. The molecule has 0 aromatic heterocycles. The van der Waals surface area contributed by atoms with Gasteiger partial charge in [-0.15, -0.1) is 0 Å². The first-order chi connectivity index (χ1) is 9.52. The molecule has 0 rings (SSSR count). The summed E-state index contributed by atoms with van der Waals surface area (Å²) in [4.78, 5) is 22.6. The van der Waals surface area contributed by atoms with E-state index >= 15 is 0 Å². The number of aliphatic hydroxyl groups excluding tert-OH is 2. The zero-order valence-electron chi connectivity index (χ0n) is 12.1. The highest BCUT2D eigenvalue weighted by molar-refractivity contribution is 5.78. The minimum absolute atomic E-state index is 0.238. The maximum Gasteiger partial charge on any atom is 0.339 e. The number of aliphatic hydroxyl groups is 2. The number of ether oxygens (including phenoxy) is 2. The van der Waals surface area contributed by atoms with Gasteiger partial charge in [0, 0.05) is 0 Å². The molecule has 0 fully saturated rings. The molecule has 0 saturated carbocycles. The van der Waals surface area contributed by atoms with E-state index in [0.29, 0.717) is 12.8 Å². The molecule has 0 aliphatic rings. The van der Waals surface area contributed by atoms with E-state index in [2.05, 4.69) is 0 Å². The van der Waals surface area contributed by atoms with Gasteiger partial charge < -0.3 is 19.7 Å². The van der Waals surface area contributed by atoms with Crippen molar-refractivity contribution in [1.82, 2.24) is 0 Å². The Bertz CT molecular complexity index is 283. The minimum Gasteiger partial charge on any atom is -0.464 e. The van der Waals surface area contributed by atoms with Crippen LogP contribution in [0, 0.1) is 0 Å². The average molecular weight is 288 g/mol. The number of hydrogen-bond donors (Lipinski definition) is 2. The molecular formula is C14H24O6. The standard InChI is InChI=1S/C14H24O6/c1-3-5-9-19-13(17)11(15)7-8-12(16)14(18)20-10-6-4-2/h7-8,11-12,15-16H,3-6,9-10H2,1-2H3. The molecule has 0 radical (unpaired) electrons. The van der Waals surface area contributed by atoms with Crippen LogP contribution in [0.1, 0.15) is 39.5 Å². The largest absolute Gasteiger partial charge is 0.464 e. The maximum absolute atomic E-state index is 11.3. The van der Waals surface area contributed by atoms with Crippen molar-refractivity contribution in [1.29, 1.82) is 0 Å². The summed E-state index contributed by atoms with van der Waals surface area (Å²) in [6.45, 7) is 4.37. The van der Waals surface area contributed by atoms with E-state index in [1.165, 1.54) is 0 Å². The van der Waals surface area contributed by atoms with Crippen LogP contribution in [0.3, 0.4) is 0 Å². The molecule has 2 atom stereocenters. The van der Waals surface area contributed by atoms with Crippen molar-refractivity contribution in [3.05, 3.63) is 12.2 Å². The summed E-state index contributed by atoms with van der Waals surface area (Å²) in [6, 6.07) is 0. The quantitative estimate of drug-likeness (QED) is 0.353. The molecule has 2 unspecified atom stereocenters. The topological polar surface area (TPSA) is 93.1 Å². The zero-order chi connectivity index (χ0) is 15.4. The fourth-order valence-corrected chi connectivity index (χ4v) is 1.17. The van der Waals surface area contributed by atoms with Gasteiger partial charge in [-0.2, -0.15) is 0 Å². The third kappa shape index (κ3) is 8.66. The van der Waals surface area contributed by atoms with Gasteiger partial charge in [-0.05, 0) is 25.0 Å². The second-order valence-electron chi connectivity index (χ2n) is 4.32. The lowest BCUT2D eigenvalue weighted by molar-refractivity contribution is -0.152. The number of esters is 2. The molecule has 0 spiro atoms. The maximum atomic E-state index is 11.3. The lowest BCUT2D eigenvalue weighted by Gasteiger charge is -2.08. The normalized spacial score (nSPS) is 14.0. The van der Waals surface area contributed by atoms with Gasteiger partial charge in [0.2, 0.25) is 0 Å². The molecule has 0 bridgehead atoms. The second-order valence-corrected chi connectivity index (χ2v) is 4.32. The fraction of sp³-hybridized carbons (Fsp3) is 0.714. The summed E-state index contributed by atoms with van der Waals surface area (Å²) in [7, 11) is 0. The van der Waals surface area contributed by atoms with Crippen LogP contribution in [0.25, 0.3) is 0 Å². The van der Waals surface area contributed by atoms with Crippen LogP contribution < -0.4 is 0 Å². The number of carbonyl (C=O) groups excluding carboxylic acids is 2. The number of carbonyl (C=O) groups is 2. The van der Waals surface area contributed by atoms with Gasteiger partial charge in [-0.3, -0.25) is 0 Å². The lowest BCUT2D eigenvalue weighted by atomic mass is 10.2. The molecule has 0 aromatic rings. The Labute approximate surface area is 119 Å². The highest BCUT2D eigenvalue weighted by atomic mass is 16.6. The van der Waals surface area contributed by atoms with Crippen molar-refractivity contribution in [2.75, 3.05) is 13.2 Å². The van der Waals surface area contributed by atoms with Gasteiger partial charge in [0.05, 0.1) is 13.2 Å². The Morgan fingerprint density at radius 1 is 0.900 bits per heavy atom. The highest BCUT2D eigenvalue weighted by Gasteiger charge is 2.16. The van der Waals surface area contributed by atoms with E-state index in [1.807, 2.05) is 13.8 Å². The van der Waals surface area contributed by atoms with Crippen molar-refractivity contribution in [3.63, 3.8) is 0 Å². The molecule has 116 valence electrons. The summed E-state index contributed by atoms with van der Waals surface area (Å²) in [5.74, 6) is -1.61. The van der Waals surface area contributed by atoms with Crippen LogP contribution in [0.15, 0.2) is 12.2 Å². The van der Waals surface area contributed by atoms with Crippen LogP contribution in [0.2, 0.25) is 0 Å². The van der Waals surface area contributed by atoms with Gasteiger partial charge in [0.1, 0.15) is 0 Å². The first-order valence-electron chi connectivity index (χ1n) is 6.90. The first kappa shape index (κ1) is 18.6. The summed E-state index contributed by atoms with van der Waals surface area (Å²) in [6.07, 6.45) is 2.22. The fourth-order valence-electron chi connectivity index (χ4n) is 1.17. The van der Waals surface area contributed by atoms with E-state index in [-0.39, 0.29) is 13.2 Å². The van der Waals surface area contributed by atoms with E-state index in [0.717, 1.165) is 25.0 Å². The van der Waals surface area contributed by atoms with E-state index in [1.54, 1.807) is 0 Å². The van der Waals surface area contributed by atoms with Crippen LogP contribution in [0.5, 0.6) is 0 Å². The zero-order valence-corrected chi connectivity index (χ0v) is 12.1. The number of rotatable bonds is 10. The van der Waals surface area contributed by atoms with E-state index in [4.69, 9.17) is 9.47 Å². The van der Waals surface area contributed by atoms with Gasteiger partial charge >= 0.3 is 11.9 Å². The molecule has 0 aliphatic heterocycles. The summed E-state index contributed by atoms with van der Waals surface area (Å²) < 4.78 is 9.56. The summed E-state index contributed by atoms with van der Waals surface area (Å²) >= 11 is 0. The van der Waals surface area contributed by atoms with Gasteiger partial charge in [-0.1, -0.05) is 26.7 Å². The van der Waals surface area contributed by atoms with Crippen LogP contribution in [-0.4, -0.2) is 47.6 Å². The Hall–Kier alpha value is -1.40. The van der Waals surface area contributed by atoms with Crippen molar-refractivity contribution >= 4 is 11.9 Å². The van der Waals surface area contributed by atoms with E-state index in [9.17, 15) is 19.8 Å². The Morgan fingerprint density at radius 3 is 1.55 bits per heavy atom. The minimum atomic E-state index is -1.50. The molecule has 20 heavy (non-hydrogen) atoms. The average Bonchev–Trinajstić information content (AvgIpc) is 2.44. The molecule has 6 heteroatoms. The molecular weight excluding hydrogens is 264 g/mol. The molecule has 6 nitrogen and oxygen atoms in total. The van der Waals surface area contributed by atoms with Gasteiger partial charge in [0.15, 0.2) is 12.2 Å². The van der Waals surface area contributed by atoms with Gasteiger partial charge in [0.25, 0.3) is 0 Å². The molecule has 0 saturated heterocycles. The predicted octanol–water partition coefficient (Wildman–Crippen LogP) is 0.951. The molecule has 0 heterocycles. The predicted molar refractivity (Wildman–Crippen MR) is 72.9 cm³/mol. The summed E-state index contributed by atoms with van der Waals surface area (Å²) in [5.41, 5.74) is 0. The monoisotopic (exact) mass is 288 g/mol. The van der Waals surface area contributed by atoms with Crippen LogP contribution in [0.4, 0.5) is 0 Å². The third-order valence-electron chi connectivity index (χ3n) is 2.44.